The first-order chi connectivity index (χ1) is 13.5. The minimum Gasteiger partial charge on any atom is -0.493 e. The molecule has 7 heteroatoms. The Balaban J connectivity index is 1.53. The van der Waals surface area contributed by atoms with Gasteiger partial charge in [-0.1, -0.05) is 23.7 Å². The number of halogens is 1. The van der Waals surface area contributed by atoms with Crippen LogP contribution in [0.25, 0.3) is 0 Å². The third kappa shape index (κ3) is 4.62. The summed E-state index contributed by atoms with van der Waals surface area (Å²) < 4.78 is 10.5. The smallest absolute Gasteiger partial charge is 0.317 e. The number of aryl methyl sites for hydroxylation is 1. The Kier molecular flexibility index (Phi) is 6.52. The molecule has 0 unspecified atom stereocenters. The predicted molar refractivity (Wildman–Crippen MR) is 112 cm³/mol. The Labute approximate surface area is 171 Å². The van der Waals surface area contributed by atoms with E-state index in [4.69, 9.17) is 21.1 Å². The summed E-state index contributed by atoms with van der Waals surface area (Å²) in [5.41, 5.74) is 3.29. The molecule has 2 aromatic rings. The number of hydrogen-bond acceptors (Lipinski definition) is 4. The van der Waals surface area contributed by atoms with E-state index < -0.39 is 0 Å². The summed E-state index contributed by atoms with van der Waals surface area (Å²) in [6, 6.07) is 11.5. The van der Waals surface area contributed by atoms with Gasteiger partial charge in [0.25, 0.3) is 0 Å². The number of carbonyl (C=O) groups excluding carboxylic acids is 1. The minimum atomic E-state index is -0.0581. The van der Waals surface area contributed by atoms with Crippen molar-refractivity contribution in [3.63, 3.8) is 0 Å². The molecule has 6 nitrogen and oxygen atoms in total. The number of urea groups is 1. The first kappa shape index (κ1) is 20.1. The summed E-state index contributed by atoms with van der Waals surface area (Å²) in [7, 11) is 3.20. The average Bonchev–Trinajstić information content (AvgIpc) is 2.73. The van der Waals surface area contributed by atoms with Crippen LogP contribution < -0.4 is 19.7 Å². The van der Waals surface area contributed by atoms with E-state index in [1.807, 2.05) is 41.3 Å². The molecule has 0 spiro atoms. The van der Waals surface area contributed by atoms with Crippen molar-refractivity contribution in [2.75, 3.05) is 45.3 Å². The summed E-state index contributed by atoms with van der Waals surface area (Å²) in [5.74, 6) is 1.32. The van der Waals surface area contributed by atoms with Gasteiger partial charge < -0.3 is 24.6 Å². The number of nitrogens with zero attached hydrogens (tertiary/aromatic N) is 2. The van der Waals surface area contributed by atoms with Crippen molar-refractivity contribution >= 4 is 23.3 Å². The molecule has 1 fully saturated rings. The molecule has 1 saturated heterocycles. The van der Waals surface area contributed by atoms with E-state index in [0.717, 1.165) is 29.4 Å². The Morgan fingerprint density at radius 2 is 1.75 bits per heavy atom. The molecule has 3 rings (SSSR count). The molecule has 0 aliphatic carbocycles. The van der Waals surface area contributed by atoms with Gasteiger partial charge >= 0.3 is 6.03 Å². The van der Waals surface area contributed by atoms with E-state index in [0.29, 0.717) is 31.1 Å². The molecule has 1 aliphatic heterocycles. The fourth-order valence-electron chi connectivity index (χ4n) is 3.35. The number of anilines is 1. The zero-order valence-corrected chi connectivity index (χ0v) is 17.3. The first-order valence-corrected chi connectivity index (χ1v) is 9.64. The fourth-order valence-corrected chi connectivity index (χ4v) is 3.52. The minimum absolute atomic E-state index is 0.0581. The molecule has 0 atom stereocenters. The van der Waals surface area contributed by atoms with Crippen LogP contribution in [-0.2, 0) is 6.54 Å². The van der Waals surface area contributed by atoms with Gasteiger partial charge in [-0.3, -0.25) is 0 Å². The van der Waals surface area contributed by atoms with Gasteiger partial charge in [-0.05, 0) is 42.3 Å². The van der Waals surface area contributed by atoms with Crippen molar-refractivity contribution in [3.05, 3.63) is 52.5 Å². The van der Waals surface area contributed by atoms with Gasteiger partial charge in [0.2, 0.25) is 0 Å². The zero-order valence-electron chi connectivity index (χ0n) is 16.5. The lowest BCUT2D eigenvalue weighted by molar-refractivity contribution is 0.194. The van der Waals surface area contributed by atoms with E-state index in [1.165, 1.54) is 5.56 Å². The maximum Gasteiger partial charge on any atom is 0.317 e. The monoisotopic (exact) mass is 403 g/mol. The van der Waals surface area contributed by atoms with Crippen LogP contribution in [0.4, 0.5) is 10.5 Å². The average molecular weight is 404 g/mol. The van der Waals surface area contributed by atoms with Crippen LogP contribution in [0, 0.1) is 6.92 Å². The molecular weight excluding hydrogens is 378 g/mol. The molecule has 0 radical (unpaired) electrons. The normalized spacial score (nSPS) is 14.0. The molecule has 28 heavy (non-hydrogen) atoms. The molecular formula is C21H26ClN3O3. The Hall–Kier alpha value is -2.60. The fraction of sp³-hybridized carbons (Fsp3) is 0.381. The molecule has 1 aliphatic rings. The molecule has 0 saturated carbocycles. The van der Waals surface area contributed by atoms with E-state index in [1.54, 1.807) is 14.2 Å². The summed E-state index contributed by atoms with van der Waals surface area (Å²) in [5, 5.41) is 3.72. The highest BCUT2D eigenvalue weighted by Crippen LogP contribution is 2.28. The third-order valence-corrected chi connectivity index (χ3v) is 5.21. The van der Waals surface area contributed by atoms with Crippen molar-refractivity contribution < 1.29 is 14.3 Å². The van der Waals surface area contributed by atoms with E-state index in [-0.39, 0.29) is 6.03 Å². The molecule has 1 heterocycles. The van der Waals surface area contributed by atoms with Crippen LogP contribution in [0.15, 0.2) is 36.4 Å². The quantitative estimate of drug-likeness (QED) is 0.827. The van der Waals surface area contributed by atoms with Gasteiger partial charge in [-0.15, -0.1) is 0 Å². The SMILES string of the molecule is COc1ccc(CNC(=O)N2CCN(c3cc(Cl)ccc3C)CC2)cc1OC. The number of rotatable bonds is 5. The van der Waals surface area contributed by atoms with Gasteiger partial charge in [0.1, 0.15) is 0 Å². The number of ether oxygens (including phenoxy) is 2. The molecule has 2 aromatic carbocycles. The Morgan fingerprint density at radius 3 is 2.43 bits per heavy atom. The topological polar surface area (TPSA) is 54.0 Å². The highest BCUT2D eigenvalue weighted by atomic mass is 35.5. The van der Waals surface area contributed by atoms with Gasteiger partial charge in [0, 0.05) is 43.4 Å². The van der Waals surface area contributed by atoms with Crippen molar-refractivity contribution in [1.82, 2.24) is 10.2 Å². The zero-order chi connectivity index (χ0) is 20.1. The van der Waals surface area contributed by atoms with Crippen molar-refractivity contribution in [3.8, 4) is 11.5 Å². The summed E-state index contributed by atoms with van der Waals surface area (Å²) >= 11 is 6.14. The van der Waals surface area contributed by atoms with E-state index in [2.05, 4.69) is 17.1 Å². The Bertz CT molecular complexity index is 836. The maximum absolute atomic E-state index is 12.5. The summed E-state index contributed by atoms with van der Waals surface area (Å²) in [4.78, 5) is 16.7. The number of benzene rings is 2. The molecule has 2 amide bonds. The van der Waals surface area contributed by atoms with Crippen LogP contribution in [0.1, 0.15) is 11.1 Å². The molecule has 0 aromatic heterocycles. The number of piperazine rings is 1. The van der Waals surface area contributed by atoms with Crippen molar-refractivity contribution in [1.29, 1.82) is 0 Å². The lowest BCUT2D eigenvalue weighted by Gasteiger charge is -2.36. The summed E-state index contributed by atoms with van der Waals surface area (Å²) in [6.45, 7) is 5.42. The predicted octanol–water partition coefficient (Wildman–Crippen LogP) is 3.70. The second-order valence-corrected chi connectivity index (χ2v) is 7.19. The van der Waals surface area contributed by atoms with Crippen LogP contribution in [0.5, 0.6) is 11.5 Å². The van der Waals surface area contributed by atoms with Crippen LogP contribution in [0.2, 0.25) is 5.02 Å². The largest absolute Gasteiger partial charge is 0.493 e. The van der Waals surface area contributed by atoms with Crippen molar-refractivity contribution in [2.24, 2.45) is 0 Å². The maximum atomic E-state index is 12.5. The second-order valence-electron chi connectivity index (χ2n) is 6.75. The lowest BCUT2D eigenvalue weighted by Crippen LogP contribution is -2.51. The first-order valence-electron chi connectivity index (χ1n) is 9.26. The third-order valence-electron chi connectivity index (χ3n) is 4.97. The van der Waals surface area contributed by atoms with E-state index >= 15 is 0 Å². The number of hydrogen-bond donors (Lipinski definition) is 1. The van der Waals surface area contributed by atoms with Crippen LogP contribution in [-0.4, -0.2) is 51.3 Å². The number of amides is 2. The van der Waals surface area contributed by atoms with Gasteiger partial charge in [-0.2, -0.15) is 0 Å². The lowest BCUT2D eigenvalue weighted by atomic mass is 10.1. The summed E-state index contributed by atoms with van der Waals surface area (Å²) in [6.07, 6.45) is 0. The van der Waals surface area contributed by atoms with Crippen molar-refractivity contribution in [2.45, 2.75) is 13.5 Å². The molecule has 1 N–H and O–H groups in total. The second kappa shape index (κ2) is 9.06. The number of nitrogens with one attached hydrogen (secondary N) is 1. The molecule has 150 valence electrons. The highest BCUT2D eigenvalue weighted by molar-refractivity contribution is 6.30. The van der Waals surface area contributed by atoms with Crippen LogP contribution >= 0.6 is 11.6 Å². The van der Waals surface area contributed by atoms with E-state index in [9.17, 15) is 4.79 Å². The van der Waals surface area contributed by atoms with Gasteiger partial charge in [0.15, 0.2) is 11.5 Å². The van der Waals surface area contributed by atoms with Crippen LogP contribution in [0.3, 0.4) is 0 Å². The van der Waals surface area contributed by atoms with Gasteiger partial charge in [-0.25, -0.2) is 4.79 Å². The number of carbonyl (C=O) groups is 1. The Morgan fingerprint density at radius 1 is 1.04 bits per heavy atom. The number of methoxy groups -OCH3 is 2. The highest BCUT2D eigenvalue weighted by Gasteiger charge is 2.22. The standard InChI is InChI=1S/C21H26ClN3O3/c1-15-4-6-17(22)13-18(15)24-8-10-25(11-9-24)21(26)23-14-16-5-7-19(27-2)20(12-16)28-3/h4-7,12-13H,8-11,14H2,1-3H3,(H,23,26). The van der Waals surface area contributed by atoms with Gasteiger partial charge in [0.05, 0.1) is 14.2 Å². The molecule has 0 bridgehead atoms.